The monoisotopic (exact) mass is 640 g/mol. The number of hydrogen-bond donors (Lipinski definition) is 1. The van der Waals surface area contributed by atoms with E-state index in [9.17, 15) is 14.4 Å². The second-order valence-corrected chi connectivity index (χ2v) is 14.3. The number of ketones is 1. The number of likely N-dealkylation sites (N-methyl/N-ethyl adjacent to an activating group) is 1. The van der Waals surface area contributed by atoms with E-state index in [0.29, 0.717) is 18.5 Å². The first-order valence-electron chi connectivity index (χ1n) is 15.9. The standard InChI is InChI=1S/C32H53N2O9P/c1-15-11-16(2)28(42-30-29(43-44)26(34(8)9)19(5)20(6)40-30)27(38-10)17(3)12-24(36)39-18(4)13-23-25-21(14-22(15)35)33-32(25,7)31(37)41-23/h14-20,23,25-30,33H,11-13,44H2,1-10H3/b21-14-/t15-,16+,17-,18-,19?,20?,23+,25+,26?,27+,28+,29?,30?,32-/m1/s1. The summed E-state index contributed by atoms with van der Waals surface area (Å²) < 4.78 is 36.7. The number of ether oxygens (including phenoxy) is 5. The zero-order valence-corrected chi connectivity index (χ0v) is 29.1. The van der Waals surface area contributed by atoms with Crippen LogP contribution in [-0.4, -0.2) is 98.3 Å². The van der Waals surface area contributed by atoms with Gasteiger partial charge in [0.05, 0.1) is 30.7 Å². The molecule has 0 aromatic rings. The lowest BCUT2D eigenvalue weighted by Gasteiger charge is -2.48. The van der Waals surface area contributed by atoms with Gasteiger partial charge >= 0.3 is 11.9 Å². The third-order valence-corrected chi connectivity index (χ3v) is 10.6. The van der Waals surface area contributed by atoms with Gasteiger partial charge < -0.3 is 38.4 Å². The topological polar surface area (TPSA) is 122 Å². The van der Waals surface area contributed by atoms with Crippen LogP contribution in [0.5, 0.6) is 0 Å². The molecule has 4 aliphatic rings. The van der Waals surface area contributed by atoms with Gasteiger partial charge in [0.15, 0.2) is 12.1 Å². The highest BCUT2D eigenvalue weighted by atomic mass is 31.0. The Bertz CT molecular complexity index is 1100. The van der Waals surface area contributed by atoms with Gasteiger partial charge in [0.25, 0.3) is 0 Å². The maximum Gasteiger partial charge on any atom is 0.332 e. The fourth-order valence-electron chi connectivity index (χ4n) is 7.76. The van der Waals surface area contributed by atoms with Crippen LogP contribution in [-0.2, 0) is 42.6 Å². The Balaban J connectivity index is 1.66. The van der Waals surface area contributed by atoms with Crippen LogP contribution < -0.4 is 5.32 Å². The number of nitrogens with one attached hydrogen (secondary N) is 1. The van der Waals surface area contributed by atoms with Gasteiger partial charge in [0.2, 0.25) is 0 Å². The SMILES string of the molecule is CO[C@@H]1[C@@H](OC2OC(C)C(C)C(N(C)C)C2OP)[C@@H](C)C[C@@H](C)C(=O)/C=C2\N[C@@]3(C)C(=O)O[C@@H](C[C@@H](C)OC(=O)C[C@H]1C)[C@H]23. The Morgan fingerprint density at radius 2 is 1.66 bits per heavy atom. The molecule has 0 aromatic carbocycles. The van der Waals surface area contributed by atoms with Crippen molar-refractivity contribution < 1.29 is 42.6 Å². The first-order chi connectivity index (χ1) is 20.6. The van der Waals surface area contributed by atoms with Crippen molar-refractivity contribution in [2.45, 2.75) is 122 Å². The second kappa shape index (κ2) is 14.0. The van der Waals surface area contributed by atoms with Gasteiger partial charge in [0, 0.05) is 52.6 Å². The van der Waals surface area contributed by atoms with Crippen LogP contribution in [0.3, 0.4) is 0 Å². The third kappa shape index (κ3) is 6.88. The average Bonchev–Trinajstić information content (AvgIpc) is 3.10. The van der Waals surface area contributed by atoms with Crippen LogP contribution in [0.1, 0.15) is 67.7 Å². The van der Waals surface area contributed by atoms with Crippen LogP contribution in [0.25, 0.3) is 0 Å². The largest absolute Gasteiger partial charge is 0.462 e. The minimum Gasteiger partial charge on any atom is -0.462 e. The van der Waals surface area contributed by atoms with E-state index in [1.165, 1.54) is 0 Å². The summed E-state index contributed by atoms with van der Waals surface area (Å²) in [5.41, 5.74) is -0.208. The summed E-state index contributed by atoms with van der Waals surface area (Å²) in [6.45, 7) is 13.7. The van der Waals surface area contributed by atoms with Crippen LogP contribution in [0.15, 0.2) is 11.8 Å². The van der Waals surface area contributed by atoms with Crippen molar-refractivity contribution >= 4 is 27.2 Å². The molecule has 0 saturated carbocycles. The minimum atomic E-state index is -0.892. The van der Waals surface area contributed by atoms with E-state index >= 15 is 0 Å². The summed E-state index contributed by atoms with van der Waals surface area (Å²) in [4.78, 5) is 41.5. The fourth-order valence-corrected chi connectivity index (χ4v) is 8.05. The minimum absolute atomic E-state index is 0.0284. The number of carbonyl (C=O) groups excluding carboxylic acids is 3. The molecule has 6 unspecified atom stereocenters. The Hall–Kier alpha value is -1.62. The molecule has 0 spiro atoms. The lowest BCUT2D eigenvalue weighted by Crippen LogP contribution is -2.64. The van der Waals surface area contributed by atoms with E-state index in [2.05, 4.69) is 26.6 Å². The molecule has 1 N–H and O–H groups in total. The molecule has 3 fully saturated rings. The number of rotatable bonds is 5. The summed E-state index contributed by atoms with van der Waals surface area (Å²) in [6, 6.07) is 0.0284. The smallest absolute Gasteiger partial charge is 0.332 e. The number of methoxy groups -OCH3 is 1. The molecule has 3 saturated heterocycles. The Morgan fingerprint density at radius 1 is 0.977 bits per heavy atom. The van der Waals surface area contributed by atoms with E-state index in [0.717, 1.165) is 0 Å². The summed E-state index contributed by atoms with van der Waals surface area (Å²) >= 11 is 0. The van der Waals surface area contributed by atoms with E-state index in [-0.39, 0.29) is 65.9 Å². The van der Waals surface area contributed by atoms with E-state index in [1.54, 1.807) is 27.0 Å². The van der Waals surface area contributed by atoms with Crippen molar-refractivity contribution in [3.63, 3.8) is 0 Å². The number of nitrogens with zero attached hydrogens (tertiary/aromatic N) is 1. The van der Waals surface area contributed by atoms with Gasteiger partial charge in [-0.2, -0.15) is 0 Å². The average molecular weight is 641 g/mol. The fraction of sp³-hybridized carbons (Fsp3) is 0.844. The van der Waals surface area contributed by atoms with Gasteiger partial charge in [-0.25, -0.2) is 4.79 Å². The van der Waals surface area contributed by atoms with Crippen LogP contribution in [0.4, 0.5) is 0 Å². The normalized spacial score (nSPS) is 46.7. The molecule has 11 nitrogen and oxygen atoms in total. The summed E-state index contributed by atoms with van der Waals surface area (Å²) in [6.07, 6.45) is -0.656. The predicted molar refractivity (Wildman–Crippen MR) is 166 cm³/mol. The van der Waals surface area contributed by atoms with Crippen molar-refractivity contribution in [3.8, 4) is 0 Å². The van der Waals surface area contributed by atoms with Crippen molar-refractivity contribution in [1.29, 1.82) is 0 Å². The molecule has 0 radical (unpaired) electrons. The summed E-state index contributed by atoms with van der Waals surface area (Å²) in [5, 5.41) is 3.18. The Labute approximate surface area is 264 Å². The number of esters is 2. The molecule has 12 heteroatoms. The molecule has 0 aliphatic carbocycles. The van der Waals surface area contributed by atoms with Gasteiger partial charge in [-0.15, -0.1) is 0 Å². The number of hydrogen-bond acceptors (Lipinski definition) is 11. The highest BCUT2D eigenvalue weighted by Crippen LogP contribution is 2.47. The molecular weight excluding hydrogens is 587 g/mol. The molecule has 4 aliphatic heterocycles. The van der Waals surface area contributed by atoms with E-state index in [1.807, 2.05) is 41.8 Å². The number of allylic oxidation sites excluding steroid dienone is 1. The first kappa shape index (κ1) is 35.2. The molecule has 0 bridgehead atoms. The summed E-state index contributed by atoms with van der Waals surface area (Å²) in [5.74, 6) is -1.65. The first-order valence-corrected chi connectivity index (χ1v) is 16.4. The Kier molecular flexibility index (Phi) is 11.2. The quantitative estimate of drug-likeness (QED) is 0.352. The third-order valence-electron chi connectivity index (χ3n) is 10.3. The highest BCUT2D eigenvalue weighted by molar-refractivity contribution is 7.09. The number of cyclic esters (lactones) is 1. The molecule has 4 heterocycles. The summed E-state index contributed by atoms with van der Waals surface area (Å²) in [7, 11) is 8.02. The predicted octanol–water partition coefficient (Wildman–Crippen LogP) is 3.25. The lowest BCUT2D eigenvalue weighted by molar-refractivity contribution is -0.292. The van der Waals surface area contributed by atoms with E-state index in [4.69, 9.17) is 28.2 Å². The number of carbonyl (C=O) groups is 3. The molecule has 4 rings (SSSR count). The highest BCUT2D eigenvalue weighted by Gasteiger charge is 2.63. The zero-order chi connectivity index (χ0) is 32.7. The van der Waals surface area contributed by atoms with Crippen molar-refractivity contribution in [3.05, 3.63) is 11.8 Å². The van der Waals surface area contributed by atoms with Crippen molar-refractivity contribution in [2.24, 2.45) is 29.6 Å². The van der Waals surface area contributed by atoms with Crippen molar-refractivity contribution in [1.82, 2.24) is 10.2 Å². The molecule has 15 atom stereocenters. The maximum absolute atomic E-state index is 13.5. The molecule has 44 heavy (non-hydrogen) atoms. The van der Waals surface area contributed by atoms with Gasteiger partial charge in [-0.3, -0.25) is 9.59 Å². The maximum atomic E-state index is 13.5. The second-order valence-electron chi connectivity index (χ2n) is 14.0. The molecule has 250 valence electrons. The lowest BCUT2D eigenvalue weighted by atomic mass is 9.72. The molecular formula is C32H53N2O9P. The van der Waals surface area contributed by atoms with Crippen molar-refractivity contribution in [2.75, 3.05) is 21.2 Å². The van der Waals surface area contributed by atoms with Gasteiger partial charge in [-0.1, -0.05) is 27.7 Å². The molecule has 0 amide bonds. The van der Waals surface area contributed by atoms with Gasteiger partial charge in [-0.05, 0) is 53.1 Å². The van der Waals surface area contributed by atoms with Gasteiger partial charge in [0.1, 0.15) is 23.9 Å². The Morgan fingerprint density at radius 3 is 2.27 bits per heavy atom. The van der Waals surface area contributed by atoms with E-state index < -0.39 is 42.3 Å². The molecule has 0 aromatic heterocycles. The van der Waals surface area contributed by atoms with Crippen LogP contribution in [0, 0.1) is 29.6 Å². The zero-order valence-electron chi connectivity index (χ0n) is 27.9. The van der Waals surface area contributed by atoms with Crippen LogP contribution >= 0.6 is 9.47 Å². The van der Waals surface area contributed by atoms with Crippen LogP contribution in [0.2, 0.25) is 0 Å².